The van der Waals surface area contributed by atoms with Crippen LogP contribution in [0.1, 0.15) is 29.3 Å². The van der Waals surface area contributed by atoms with Crippen molar-refractivity contribution in [2.45, 2.75) is 24.3 Å². The van der Waals surface area contributed by atoms with Gasteiger partial charge in [-0.2, -0.15) is 0 Å². The van der Waals surface area contributed by atoms with Gasteiger partial charge < -0.3 is 10.8 Å². The summed E-state index contributed by atoms with van der Waals surface area (Å²) in [6.07, 6.45) is 0.579. The molecular weight excluding hydrogens is 238 g/mol. The number of carbonyl (C=O) groups is 2. The Labute approximate surface area is 104 Å². The topological polar surface area (TPSA) is 80.4 Å². The molecule has 3 N–H and O–H groups in total. The van der Waals surface area contributed by atoms with Gasteiger partial charge in [0.1, 0.15) is 5.25 Å². The molecule has 5 heteroatoms. The van der Waals surface area contributed by atoms with E-state index in [0.29, 0.717) is 17.7 Å². The molecule has 0 saturated carbocycles. The number of carboxylic acids is 1. The van der Waals surface area contributed by atoms with E-state index in [2.05, 4.69) is 0 Å². The van der Waals surface area contributed by atoms with E-state index in [4.69, 9.17) is 10.8 Å². The van der Waals surface area contributed by atoms with Gasteiger partial charge in [0.15, 0.2) is 0 Å². The van der Waals surface area contributed by atoms with Crippen LogP contribution in [-0.2, 0) is 10.5 Å². The number of aliphatic carboxylic acids is 1. The highest BCUT2D eigenvalue weighted by molar-refractivity contribution is 7.99. The molecule has 1 amide bonds. The van der Waals surface area contributed by atoms with Crippen molar-refractivity contribution in [1.82, 2.24) is 0 Å². The Balaban J connectivity index is 2.66. The van der Waals surface area contributed by atoms with Crippen molar-refractivity contribution in [1.29, 1.82) is 0 Å². The second-order valence-corrected chi connectivity index (χ2v) is 4.80. The van der Waals surface area contributed by atoms with E-state index >= 15 is 0 Å². The molecule has 1 atom stereocenters. The molecule has 92 valence electrons. The van der Waals surface area contributed by atoms with E-state index in [-0.39, 0.29) is 0 Å². The van der Waals surface area contributed by atoms with Gasteiger partial charge in [0.05, 0.1) is 0 Å². The number of thioether (sulfide) groups is 1. The van der Waals surface area contributed by atoms with Crippen LogP contribution in [-0.4, -0.2) is 22.2 Å². The molecule has 4 nitrogen and oxygen atoms in total. The molecule has 0 aliphatic heterocycles. The lowest BCUT2D eigenvalue weighted by Crippen LogP contribution is -2.15. The third-order valence-corrected chi connectivity index (χ3v) is 3.75. The van der Waals surface area contributed by atoms with Gasteiger partial charge in [-0.3, -0.25) is 9.59 Å². The first-order chi connectivity index (χ1) is 8.04. The van der Waals surface area contributed by atoms with Crippen LogP contribution < -0.4 is 5.73 Å². The van der Waals surface area contributed by atoms with Crippen LogP contribution in [0.4, 0.5) is 0 Å². The quantitative estimate of drug-likeness (QED) is 0.811. The summed E-state index contributed by atoms with van der Waals surface area (Å²) >= 11 is 1.35. The van der Waals surface area contributed by atoms with Gasteiger partial charge in [0.2, 0.25) is 5.91 Å². The maximum atomic E-state index is 11.0. The first-order valence-electron chi connectivity index (χ1n) is 5.27. The average Bonchev–Trinajstić information content (AvgIpc) is 2.29. The van der Waals surface area contributed by atoms with Crippen LogP contribution in [0.2, 0.25) is 0 Å². The van der Waals surface area contributed by atoms with Crippen LogP contribution in [0.15, 0.2) is 24.3 Å². The number of carboxylic acid groups (broad SMARTS) is 1. The Morgan fingerprint density at radius 3 is 2.71 bits per heavy atom. The summed E-state index contributed by atoms with van der Waals surface area (Å²) < 4.78 is 0. The lowest BCUT2D eigenvalue weighted by Gasteiger charge is -2.09. The van der Waals surface area contributed by atoms with Crippen molar-refractivity contribution in [3.05, 3.63) is 35.4 Å². The molecule has 17 heavy (non-hydrogen) atoms. The van der Waals surface area contributed by atoms with Crippen LogP contribution in [0.5, 0.6) is 0 Å². The van der Waals surface area contributed by atoms with Crippen molar-refractivity contribution in [2.75, 3.05) is 0 Å². The molecule has 0 bridgehead atoms. The number of amides is 1. The zero-order valence-corrected chi connectivity index (χ0v) is 10.4. The SMILES string of the molecule is CCC(SCc1cccc(C(N)=O)c1)C(=O)O. The fraction of sp³-hybridized carbons (Fsp3) is 0.333. The molecule has 0 saturated heterocycles. The highest BCUT2D eigenvalue weighted by Crippen LogP contribution is 2.21. The fourth-order valence-electron chi connectivity index (χ4n) is 1.37. The molecule has 0 fully saturated rings. The third kappa shape index (κ3) is 4.11. The highest BCUT2D eigenvalue weighted by Gasteiger charge is 2.15. The summed E-state index contributed by atoms with van der Waals surface area (Å²) in [6, 6.07) is 6.95. The molecule has 0 aliphatic carbocycles. The van der Waals surface area contributed by atoms with E-state index in [9.17, 15) is 9.59 Å². The normalized spacial score (nSPS) is 12.1. The van der Waals surface area contributed by atoms with Gasteiger partial charge in [-0.1, -0.05) is 19.1 Å². The van der Waals surface area contributed by atoms with Gasteiger partial charge in [0, 0.05) is 11.3 Å². The number of hydrogen-bond acceptors (Lipinski definition) is 3. The highest BCUT2D eigenvalue weighted by atomic mass is 32.2. The van der Waals surface area contributed by atoms with Gasteiger partial charge in [-0.05, 0) is 24.1 Å². The Hall–Kier alpha value is -1.49. The van der Waals surface area contributed by atoms with Crippen molar-refractivity contribution in [2.24, 2.45) is 5.73 Å². The van der Waals surface area contributed by atoms with Gasteiger partial charge in [-0.15, -0.1) is 11.8 Å². The molecule has 0 aliphatic rings. The van der Waals surface area contributed by atoms with Crippen molar-refractivity contribution in [3.63, 3.8) is 0 Å². The van der Waals surface area contributed by atoms with E-state index in [1.54, 1.807) is 18.2 Å². The summed E-state index contributed by atoms with van der Waals surface area (Å²) in [6.45, 7) is 1.84. The molecule has 0 radical (unpaired) electrons. The van der Waals surface area contributed by atoms with E-state index in [1.807, 2.05) is 13.0 Å². The summed E-state index contributed by atoms with van der Waals surface area (Å²) in [5.74, 6) is -0.711. The second kappa shape index (κ2) is 6.30. The summed E-state index contributed by atoms with van der Waals surface area (Å²) in [5.41, 5.74) is 6.53. The van der Waals surface area contributed by atoms with Crippen molar-refractivity contribution < 1.29 is 14.7 Å². The number of nitrogens with two attached hydrogens (primary N) is 1. The third-order valence-electron chi connectivity index (χ3n) is 2.31. The van der Waals surface area contributed by atoms with Crippen molar-refractivity contribution in [3.8, 4) is 0 Å². The van der Waals surface area contributed by atoms with E-state index < -0.39 is 17.1 Å². The standard InChI is InChI=1S/C12H15NO3S/c1-2-10(12(15)16)17-7-8-4-3-5-9(6-8)11(13)14/h3-6,10H,2,7H2,1H3,(H2,13,14)(H,15,16). The largest absolute Gasteiger partial charge is 0.480 e. The van der Waals surface area contributed by atoms with Crippen molar-refractivity contribution >= 4 is 23.6 Å². The molecule has 1 unspecified atom stereocenters. The summed E-state index contributed by atoms with van der Waals surface area (Å²) in [5, 5.41) is 8.49. The van der Waals surface area contributed by atoms with Gasteiger partial charge in [-0.25, -0.2) is 0 Å². The monoisotopic (exact) mass is 253 g/mol. The van der Waals surface area contributed by atoms with Crippen LogP contribution >= 0.6 is 11.8 Å². The maximum absolute atomic E-state index is 11.0. The van der Waals surface area contributed by atoms with Crippen LogP contribution in [0, 0.1) is 0 Å². The lowest BCUT2D eigenvalue weighted by molar-refractivity contribution is -0.136. The minimum absolute atomic E-state index is 0.410. The second-order valence-electron chi connectivity index (χ2n) is 3.61. The molecule has 0 spiro atoms. The Kier molecular flexibility index (Phi) is 5.03. The Bertz CT molecular complexity index is 420. The van der Waals surface area contributed by atoms with E-state index in [0.717, 1.165) is 5.56 Å². The summed E-state index contributed by atoms with van der Waals surface area (Å²) in [4.78, 5) is 21.8. The number of primary amides is 1. The van der Waals surface area contributed by atoms with E-state index in [1.165, 1.54) is 11.8 Å². The molecule has 1 aromatic carbocycles. The predicted molar refractivity (Wildman–Crippen MR) is 68.0 cm³/mol. The molecular formula is C12H15NO3S. The Morgan fingerprint density at radius 2 is 2.18 bits per heavy atom. The first-order valence-corrected chi connectivity index (χ1v) is 6.32. The maximum Gasteiger partial charge on any atom is 0.316 e. The smallest absolute Gasteiger partial charge is 0.316 e. The zero-order valence-electron chi connectivity index (χ0n) is 9.55. The average molecular weight is 253 g/mol. The minimum Gasteiger partial charge on any atom is -0.480 e. The number of rotatable bonds is 6. The van der Waals surface area contributed by atoms with Crippen LogP contribution in [0.25, 0.3) is 0 Å². The molecule has 1 aromatic rings. The fourth-order valence-corrected chi connectivity index (χ4v) is 2.33. The predicted octanol–water partition coefficient (Wildman–Crippen LogP) is 1.88. The van der Waals surface area contributed by atoms with Crippen LogP contribution in [0.3, 0.4) is 0 Å². The Morgan fingerprint density at radius 1 is 1.47 bits per heavy atom. The number of carbonyl (C=O) groups excluding carboxylic acids is 1. The van der Waals surface area contributed by atoms with Gasteiger partial charge in [0.25, 0.3) is 0 Å². The lowest BCUT2D eigenvalue weighted by atomic mass is 10.1. The van der Waals surface area contributed by atoms with Gasteiger partial charge >= 0.3 is 5.97 Å². The zero-order chi connectivity index (χ0) is 12.8. The summed E-state index contributed by atoms with van der Waals surface area (Å²) in [7, 11) is 0. The minimum atomic E-state index is -0.802. The molecule has 0 aromatic heterocycles. The number of hydrogen-bond donors (Lipinski definition) is 2. The first kappa shape index (κ1) is 13.6. The molecule has 0 heterocycles. The molecule has 1 rings (SSSR count). The number of benzene rings is 1.